The summed E-state index contributed by atoms with van der Waals surface area (Å²) < 4.78 is 12.9. The van der Waals surface area contributed by atoms with E-state index in [0.29, 0.717) is 0 Å². The Kier molecular flexibility index (Phi) is 39.6. The standard InChI is InChI=1S/C20H12N3.C19H11N4.2C17H14N3.C17H13N2S2.C16H11N2S.2BrH.2ClH.2HI.3Mg.3Zn/c1-2-5-18-16(4-1)17-7-3-6-15(14-8-10-21-11-9-14)19(17)23-13-12-22-20(18)23;1-2-5-17-15(4-1)16-7-3-6-14(13-10-20-12-21-11-13)18(16)23-9-8-22-19(17)23;1-19(2)15-9-5-8-13-12-6-3-4-7-14(12)17-18-10-11-20(17)16(13)15;1-19(2)12-7-8-14-13-5-3-4-6-15(13)17-18-9-10-20(17)16(14)11-12;1-20-11-9-14-12-5-3-4-6-13(12)17-18-7-8-19(17)16(14)15(10-11)21-2;1-19-14-8-4-7-12-11-5-2-3-6-13(11)16-17-9-10-18(16)15(12)14;;;;;;;;;;;;/h1-4,6-13H;1-4,6-12H;3-6,8-11H,1-2H3;3-5,7-11H,1-2H3;3-5,7-10H,1-2H3;2-5,7-10H,1H3;6*1H;;;;;;/q6*-1;;;;;;;6*+2/p-6. The van der Waals surface area contributed by atoms with E-state index in [2.05, 4.69) is 337 Å². The Hall–Kier alpha value is -8.05. The predicted octanol–water partition coefficient (Wildman–Crippen LogP) is 16.7. The SMILES string of the molecule is CN(C)c1ccc2c3ccc[c-]c3c3nccn3c2c1.CN(C)c1cccc2c3ccc[c-]c3c3nccn3c12.CSc1cc(SC)c2c(c1)c1ccc[c-]c1c1nccn12.CSc1cccc2c3ccc[c-]c3c3nccn3c12.[Br-].[Cl-].[Cl][Zn+].[I-].[Mg+2].[Mg+2].[Mg+2].[Zn+][Br].[Zn+][I].[c-]1cccc2c1c1nccn1c1c(-c3ccncc3)cccc21.[c-]1cccc2c1c1nccn1c1c(-c3cncnc3)cccc21. The van der Waals surface area contributed by atoms with E-state index in [0.717, 1.165) is 111 Å². The molecule has 26 aromatic rings. The van der Waals surface area contributed by atoms with Gasteiger partial charge in [-0.05, 0) is 105 Å². The quantitative estimate of drug-likeness (QED) is 0.0490. The van der Waals surface area contributed by atoms with Crippen molar-refractivity contribution in [3.63, 3.8) is 0 Å². The fourth-order valence-corrected chi connectivity index (χ4v) is 19.4. The molecule has 0 saturated carbocycles. The third-order valence-electron chi connectivity index (χ3n) is 23.2. The number of pyridine rings is 7. The van der Waals surface area contributed by atoms with Crippen LogP contribution in [0.4, 0.5) is 11.4 Å². The number of halogens is 6. The van der Waals surface area contributed by atoms with Crippen LogP contribution in [0.15, 0.2) is 345 Å². The van der Waals surface area contributed by atoms with Gasteiger partial charge in [-0.1, -0.05) is 99.0 Å². The average Bonchev–Trinajstić information content (AvgIpc) is 1.60. The number of aromatic nitrogens is 15. The molecule has 656 valence electrons. The van der Waals surface area contributed by atoms with Gasteiger partial charge in [0.25, 0.3) is 0 Å². The summed E-state index contributed by atoms with van der Waals surface area (Å²) in [5.41, 5.74) is 19.6. The molecule has 0 fully saturated rings. The summed E-state index contributed by atoms with van der Waals surface area (Å²) in [6.07, 6.45) is 38.4. The summed E-state index contributed by atoms with van der Waals surface area (Å²) in [6, 6.07) is 97.4. The van der Waals surface area contributed by atoms with Crippen LogP contribution in [0.3, 0.4) is 0 Å². The zero-order chi connectivity index (χ0) is 91.0. The number of thioether (sulfide) groups is 3. The second-order valence-corrected chi connectivity index (χ2v) is 33.1. The molecule has 32 heteroatoms. The van der Waals surface area contributed by atoms with Gasteiger partial charge in [-0.25, -0.2) is 9.97 Å². The average molecular weight is 2440 g/mol. The molecule has 0 aliphatic carbocycles. The minimum atomic E-state index is 0. The number of nitrogens with zero attached hydrogens (tertiary/aromatic N) is 17. The van der Waals surface area contributed by atoms with E-state index < -0.39 is 0 Å². The van der Waals surface area contributed by atoms with Crippen LogP contribution in [0.5, 0.6) is 0 Å². The van der Waals surface area contributed by atoms with E-state index in [1.165, 1.54) is 150 Å². The second kappa shape index (κ2) is 50.3. The third-order valence-corrected chi connectivity index (χ3v) is 25.4. The van der Waals surface area contributed by atoms with Gasteiger partial charge in [0.2, 0.25) is 0 Å². The molecule has 0 N–H and O–H groups in total. The molecular weight excluding hydrogens is 2360 g/mol. The first-order valence-corrected chi connectivity index (χ1v) is 65.3. The molecule has 14 aromatic heterocycles. The number of anilines is 2. The Labute approximate surface area is 943 Å². The van der Waals surface area contributed by atoms with Crippen LogP contribution in [0, 0.1) is 36.4 Å². The fourth-order valence-electron chi connectivity index (χ4n) is 17.6. The Morgan fingerprint density at radius 1 is 0.333 bits per heavy atom. The van der Waals surface area contributed by atoms with Crippen molar-refractivity contribution in [2.24, 2.45) is 0 Å². The van der Waals surface area contributed by atoms with Gasteiger partial charge in [0, 0.05) is 181 Å². The second-order valence-electron chi connectivity index (χ2n) is 30.5. The van der Waals surface area contributed by atoms with Crippen molar-refractivity contribution < 1.29 is 102 Å². The first-order chi connectivity index (χ1) is 65.1. The number of fused-ring (bicyclic) bond motifs is 36. The molecule has 138 heavy (non-hydrogen) atoms. The molecule has 14 heterocycles. The zero-order valence-electron chi connectivity index (χ0n) is 76.0. The monoisotopic (exact) mass is 2430 g/mol. The van der Waals surface area contributed by atoms with E-state index in [1.54, 1.807) is 41.6 Å². The van der Waals surface area contributed by atoms with E-state index >= 15 is 0 Å². The first-order valence-electron chi connectivity index (χ1n) is 41.7. The van der Waals surface area contributed by atoms with Crippen LogP contribution < -0.4 is 63.2 Å². The molecule has 17 nitrogen and oxygen atoms in total. The van der Waals surface area contributed by atoms with E-state index in [4.69, 9.17) is 9.69 Å². The molecule has 0 radical (unpaired) electrons. The Morgan fingerprint density at radius 2 is 0.667 bits per heavy atom. The van der Waals surface area contributed by atoms with Crippen LogP contribution in [-0.2, 0) is 48.4 Å². The van der Waals surface area contributed by atoms with Gasteiger partial charge in [-0.3, -0.25) is 34.9 Å². The smallest absolute Gasteiger partial charge is 0.115 e. The van der Waals surface area contributed by atoms with Crippen LogP contribution in [-0.4, -0.2) is 187 Å². The summed E-state index contributed by atoms with van der Waals surface area (Å²) in [6.45, 7) is 0. The molecule has 0 unspecified atom stereocenters. The first kappa shape index (κ1) is 109. The molecule has 12 aromatic carbocycles. The van der Waals surface area contributed by atoms with E-state index in [9.17, 15) is 0 Å². The number of hydrogen-bond donors (Lipinski definition) is 0. The molecule has 0 amide bonds. The minimum absolute atomic E-state index is 0. The number of imidazole rings is 6. The maximum absolute atomic E-state index is 4.76. The van der Waals surface area contributed by atoms with Crippen LogP contribution in [0.25, 0.3) is 186 Å². The van der Waals surface area contributed by atoms with Gasteiger partial charge < -0.3 is 89.6 Å². The molecule has 26 rings (SSSR count). The van der Waals surface area contributed by atoms with Crippen LogP contribution >= 0.6 is 78.3 Å². The van der Waals surface area contributed by atoms with Gasteiger partial charge in [-0.15, -0.1) is 213 Å². The maximum Gasteiger partial charge on any atom is 0.115 e. The van der Waals surface area contributed by atoms with E-state index in [1.807, 2.05) is 184 Å². The molecular formula is C106H75Br2Cl2I2Mg3N17S3Zn3. The van der Waals surface area contributed by atoms with Crippen molar-refractivity contribution in [1.82, 2.24) is 71.3 Å². The predicted molar refractivity (Wildman–Crippen MR) is 569 cm³/mol. The number of rotatable bonds is 7. The van der Waals surface area contributed by atoms with Crippen molar-refractivity contribution in [2.45, 2.75) is 14.7 Å². The topological polar surface area (TPSA) is 149 Å². The van der Waals surface area contributed by atoms with Crippen LogP contribution in [0.2, 0.25) is 0 Å². The molecule has 0 aliphatic heterocycles. The Morgan fingerprint density at radius 3 is 1.07 bits per heavy atom. The summed E-state index contributed by atoms with van der Waals surface area (Å²) in [4.78, 5) is 47.6. The van der Waals surface area contributed by atoms with E-state index in [-0.39, 0.29) is 123 Å². The summed E-state index contributed by atoms with van der Waals surface area (Å²) in [5.74, 6) is 0. The van der Waals surface area contributed by atoms with Crippen molar-refractivity contribution in [1.29, 1.82) is 0 Å². The number of para-hydroxylation sites is 4. The molecule has 0 bridgehead atoms. The largest absolute Gasteiger partial charge is 0.340 e. The molecule has 0 aliphatic rings. The van der Waals surface area contributed by atoms with Gasteiger partial charge in [-0.2, -0.15) is 0 Å². The van der Waals surface area contributed by atoms with Crippen molar-refractivity contribution in [3.05, 3.63) is 366 Å². The van der Waals surface area contributed by atoms with Crippen molar-refractivity contribution >= 4 is 323 Å². The van der Waals surface area contributed by atoms with Gasteiger partial charge in [0.1, 0.15) is 6.33 Å². The molecule has 0 spiro atoms. The number of hydrogen-bond acceptors (Lipinski definition) is 14. The Bertz CT molecular complexity index is 8570. The zero-order valence-corrected chi connectivity index (χ0v) is 101. The van der Waals surface area contributed by atoms with Gasteiger partial charge in [0.05, 0.1) is 56.1 Å². The summed E-state index contributed by atoms with van der Waals surface area (Å²) >= 11 is 14.0. The summed E-state index contributed by atoms with van der Waals surface area (Å²) in [7, 11) is 13.0. The molecule has 0 saturated heterocycles. The molecule has 0 atom stereocenters. The summed E-state index contributed by atoms with van der Waals surface area (Å²) in [5, 5.41) is 20.9. The van der Waals surface area contributed by atoms with Crippen LogP contribution in [0.1, 0.15) is 0 Å². The number of benzene rings is 12. The van der Waals surface area contributed by atoms with Crippen molar-refractivity contribution in [3.8, 4) is 22.3 Å². The Balaban J connectivity index is 0.000000146. The van der Waals surface area contributed by atoms with Gasteiger partial charge >= 0.3 is 161 Å². The normalized spacial score (nSPS) is 10.7. The minimum Gasteiger partial charge on any atom is -0.340 e. The third kappa shape index (κ3) is 21.1. The van der Waals surface area contributed by atoms with Crippen molar-refractivity contribution in [2.75, 3.05) is 56.8 Å². The fraction of sp³-hybridized carbons (Fsp3) is 0.0660. The van der Waals surface area contributed by atoms with Gasteiger partial charge in [0.15, 0.2) is 0 Å². The maximum atomic E-state index is 4.76.